The molecular formula is C25H27N3O4. The molecule has 2 aromatic rings. The number of hydrogen-bond acceptors (Lipinski definition) is 4. The number of urea groups is 1. The molecule has 1 N–H and O–H groups in total. The van der Waals surface area contributed by atoms with E-state index in [1.807, 2.05) is 38.1 Å². The van der Waals surface area contributed by atoms with Gasteiger partial charge in [0.05, 0.1) is 12.5 Å². The predicted octanol–water partition coefficient (Wildman–Crippen LogP) is 3.61. The summed E-state index contributed by atoms with van der Waals surface area (Å²) in [6.07, 6.45) is 0.606. The fourth-order valence-electron chi connectivity index (χ4n) is 4.37. The highest BCUT2D eigenvalue weighted by molar-refractivity contribution is 6.07. The van der Waals surface area contributed by atoms with Gasteiger partial charge in [-0.3, -0.25) is 14.4 Å². The van der Waals surface area contributed by atoms with Crippen molar-refractivity contribution < 1.29 is 19.2 Å². The number of carbonyl (C=O) groups excluding carboxylic acids is 4. The topological polar surface area (TPSA) is 86.8 Å². The maximum Gasteiger partial charge on any atom is 0.321 e. The second-order valence-electron chi connectivity index (χ2n) is 8.70. The average molecular weight is 434 g/mol. The zero-order valence-corrected chi connectivity index (χ0v) is 18.6. The largest absolute Gasteiger partial charge is 0.324 e. The van der Waals surface area contributed by atoms with Gasteiger partial charge < -0.3 is 15.1 Å². The predicted molar refractivity (Wildman–Crippen MR) is 120 cm³/mol. The Labute approximate surface area is 187 Å². The van der Waals surface area contributed by atoms with E-state index in [9.17, 15) is 19.2 Å². The standard InChI is InChI=1S/C25H27N3O4/c1-15-7-8-18(11-16(15)2)26-25(32)27(3)13-17-5-4-6-20-21(17)14-28(24(20)31)22-10-9-19(29)12-23(22)30/h4-8,11,22H,9-10,12-14H2,1-3H3,(H,26,32). The number of fused-ring (bicyclic) bond motifs is 1. The number of carbonyl (C=O) groups is 4. The van der Waals surface area contributed by atoms with Gasteiger partial charge in [-0.05, 0) is 60.7 Å². The van der Waals surface area contributed by atoms with Gasteiger partial charge in [-0.25, -0.2) is 4.79 Å². The van der Waals surface area contributed by atoms with Gasteiger partial charge in [0.15, 0.2) is 5.78 Å². The number of ketones is 2. The Bertz CT molecular complexity index is 1120. The van der Waals surface area contributed by atoms with Crippen LogP contribution in [0.5, 0.6) is 0 Å². The first-order valence-corrected chi connectivity index (χ1v) is 10.8. The SMILES string of the molecule is Cc1ccc(NC(=O)N(C)Cc2cccc3c2CN(C2CCC(=O)CC2=O)C3=O)cc1C. The molecule has 0 radical (unpaired) electrons. The highest BCUT2D eigenvalue weighted by Crippen LogP contribution is 2.31. The third-order valence-corrected chi connectivity index (χ3v) is 6.42. The molecule has 1 unspecified atom stereocenters. The van der Waals surface area contributed by atoms with Crippen LogP contribution in [-0.2, 0) is 22.7 Å². The van der Waals surface area contributed by atoms with Gasteiger partial charge in [-0.2, -0.15) is 0 Å². The Morgan fingerprint density at radius 2 is 1.91 bits per heavy atom. The molecule has 0 saturated heterocycles. The van der Waals surface area contributed by atoms with Crippen molar-refractivity contribution in [3.8, 4) is 0 Å². The molecule has 1 saturated carbocycles. The third-order valence-electron chi connectivity index (χ3n) is 6.42. The van der Waals surface area contributed by atoms with Gasteiger partial charge in [0.1, 0.15) is 5.78 Å². The third kappa shape index (κ3) is 4.15. The van der Waals surface area contributed by atoms with Gasteiger partial charge in [0.25, 0.3) is 5.91 Å². The number of Topliss-reactive ketones (excluding diaryl/α,β-unsaturated/α-hetero) is 2. The Kier molecular flexibility index (Phi) is 5.82. The van der Waals surface area contributed by atoms with Crippen LogP contribution in [0.3, 0.4) is 0 Å². The molecule has 7 heteroatoms. The van der Waals surface area contributed by atoms with Crippen LogP contribution in [-0.4, -0.2) is 46.4 Å². The van der Waals surface area contributed by atoms with E-state index in [-0.39, 0.29) is 29.9 Å². The summed E-state index contributed by atoms with van der Waals surface area (Å²) in [5, 5.41) is 2.91. The van der Waals surface area contributed by atoms with Crippen LogP contribution in [0.1, 0.15) is 51.9 Å². The Balaban J connectivity index is 1.48. The number of amides is 3. The number of benzene rings is 2. The lowest BCUT2D eigenvalue weighted by Gasteiger charge is -2.29. The number of hydrogen-bond donors (Lipinski definition) is 1. The van der Waals surface area contributed by atoms with Gasteiger partial charge in [0, 0.05) is 37.8 Å². The number of aryl methyl sites for hydroxylation is 2. The molecule has 7 nitrogen and oxygen atoms in total. The van der Waals surface area contributed by atoms with Crippen molar-refractivity contribution in [1.82, 2.24) is 9.80 Å². The lowest BCUT2D eigenvalue weighted by atomic mass is 9.92. The van der Waals surface area contributed by atoms with Crippen LogP contribution < -0.4 is 5.32 Å². The van der Waals surface area contributed by atoms with Crippen LogP contribution in [0.2, 0.25) is 0 Å². The summed E-state index contributed by atoms with van der Waals surface area (Å²) in [5.41, 5.74) is 5.27. The molecule has 4 rings (SSSR count). The fourth-order valence-corrected chi connectivity index (χ4v) is 4.37. The lowest BCUT2D eigenvalue weighted by molar-refractivity contribution is -0.133. The van der Waals surface area contributed by atoms with E-state index in [4.69, 9.17) is 0 Å². The molecule has 32 heavy (non-hydrogen) atoms. The summed E-state index contributed by atoms with van der Waals surface area (Å²) >= 11 is 0. The van der Waals surface area contributed by atoms with Crippen LogP contribution in [0.15, 0.2) is 36.4 Å². The molecule has 166 valence electrons. The van der Waals surface area contributed by atoms with Crippen molar-refractivity contribution in [3.05, 3.63) is 64.2 Å². The van der Waals surface area contributed by atoms with E-state index in [1.165, 1.54) is 0 Å². The molecule has 0 aromatic heterocycles. The number of anilines is 1. The first-order valence-electron chi connectivity index (χ1n) is 10.8. The maximum absolute atomic E-state index is 13.0. The van der Waals surface area contributed by atoms with Crippen molar-refractivity contribution in [3.63, 3.8) is 0 Å². The van der Waals surface area contributed by atoms with Crippen molar-refractivity contribution in [2.75, 3.05) is 12.4 Å². The fraction of sp³-hybridized carbons (Fsp3) is 0.360. The molecular weight excluding hydrogens is 406 g/mol. The quantitative estimate of drug-likeness (QED) is 0.747. The molecule has 1 fully saturated rings. The number of rotatable bonds is 4. The molecule has 1 aliphatic carbocycles. The molecule has 2 aliphatic rings. The lowest BCUT2D eigenvalue weighted by Crippen LogP contribution is -2.44. The summed E-state index contributed by atoms with van der Waals surface area (Å²) in [5.74, 6) is -0.432. The van der Waals surface area contributed by atoms with Crippen LogP contribution in [0, 0.1) is 13.8 Å². The van der Waals surface area contributed by atoms with Gasteiger partial charge >= 0.3 is 6.03 Å². The summed E-state index contributed by atoms with van der Waals surface area (Å²) in [7, 11) is 1.71. The normalized spacial score (nSPS) is 18.0. The highest BCUT2D eigenvalue weighted by atomic mass is 16.2. The molecule has 3 amide bonds. The second-order valence-corrected chi connectivity index (χ2v) is 8.70. The summed E-state index contributed by atoms with van der Waals surface area (Å²) in [6.45, 7) is 4.67. The van der Waals surface area contributed by atoms with Crippen molar-refractivity contribution >= 4 is 29.2 Å². The van der Waals surface area contributed by atoms with Crippen LogP contribution in [0.4, 0.5) is 10.5 Å². The Hall–Kier alpha value is -3.48. The van der Waals surface area contributed by atoms with E-state index in [0.717, 1.165) is 27.9 Å². The minimum Gasteiger partial charge on any atom is -0.324 e. The molecule has 1 atom stereocenters. The number of nitrogens with one attached hydrogen (secondary N) is 1. The monoisotopic (exact) mass is 433 g/mol. The van der Waals surface area contributed by atoms with Crippen LogP contribution in [0.25, 0.3) is 0 Å². The summed E-state index contributed by atoms with van der Waals surface area (Å²) in [6, 6.07) is 10.4. The zero-order chi connectivity index (χ0) is 23.0. The summed E-state index contributed by atoms with van der Waals surface area (Å²) in [4.78, 5) is 52.8. The van der Waals surface area contributed by atoms with E-state index in [1.54, 1.807) is 29.0 Å². The van der Waals surface area contributed by atoms with Crippen molar-refractivity contribution in [1.29, 1.82) is 0 Å². The van der Waals surface area contributed by atoms with E-state index in [0.29, 0.717) is 31.5 Å². The first kappa shape index (κ1) is 21.7. The van der Waals surface area contributed by atoms with E-state index in [2.05, 4.69) is 5.32 Å². The molecule has 1 aliphatic heterocycles. The van der Waals surface area contributed by atoms with Crippen molar-refractivity contribution in [2.24, 2.45) is 0 Å². The van der Waals surface area contributed by atoms with Crippen LogP contribution >= 0.6 is 0 Å². The molecule has 2 aromatic carbocycles. The second kappa shape index (κ2) is 8.57. The minimum atomic E-state index is -0.550. The van der Waals surface area contributed by atoms with Gasteiger partial charge in [0.2, 0.25) is 0 Å². The van der Waals surface area contributed by atoms with Gasteiger partial charge in [-0.1, -0.05) is 18.2 Å². The van der Waals surface area contributed by atoms with E-state index >= 15 is 0 Å². The maximum atomic E-state index is 13.0. The Morgan fingerprint density at radius 3 is 2.62 bits per heavy atom. The molecule has 1 heterocycles. The Morgan fingerprint density at radius 1 is 1.12 bits per heavy atom. The first-order chi connectivity index (χ1) is 15.2. The van der Waals surface area contributed by atoms with Gasteiger partial charge in [-0.15, -0.1) is 0 Å². The average Bonchev–Trinajstić information content (AvgIpc) is 3.08. The highest BCUT2D eigenvalue weighted by Gasteiger charge is 2.39. The molecule has 0 spiro atoms. The van der Waals surface area contributed by atoms with E-state index < -0.39 is 6.04 Å². The molecule has 0 bridgehead atoms. The minimum absolute atomic E-state index is 0.0625. The van der Waals surface area contributed by atoms with Crippen molar-refractivity contribution in [2.45, 2.75) is 52.2 Å². The smallest absolute Gasteiger partial charge is 0.321 e. The summed E-state index contributed by atoms with van der Waals surface area (Å²) < 4.78 is 0. The number of nitrogens with zero attached hydrogens (tertiary/aromatic N) is 2. The zero-order valence-electron chi connectivity index (χ0n) is 18.6.